The van der Waals surface area contributed by atoms with Crippen molar-refractivity contribution < 1.29 is 9.53 Å². The zero-order valence-corrected chi connectivity index (χ0v) is 12.5. The van der Waals surface area contributed by atoms with Gasteiger partial charge in [-0.2, -0.15) is 0 Å². The summed E-state index contributed by atoms with van der Waals surface area (Å²) in [6.45, 7) is 4.27. The van der Waals surface area contributed by atoms with Crippen LogP contribution in [-0.2, 0) is 4.79 Å². The first kappa shape index (κ1) is 16.3. The van der Waals surface area contributed by atoms with E-state index in [2.05, 4.69) is 12.2 Å². The molecule has 1 aromatic carbocycles. The Balaban J connectivity index is 2.17. The maximum absolute atomic E-state index is 11.7. The number of nitrogens with two attached hydrogens (primary N) is 1. The number of anilines is 1. The number of nitrogen functional groups attached to an aromatic ring is 1. The average Bonchev–Trinajstić information content (AvgIpc) is 2.43. The highest BCUT2D eigenvalue weighted by molar-refractivity contribution is 5.77. The van der Waals surface area contributed by atoms with Crippen molar-refractivity contribution in [2.45, 2.75) is 52.0 Å². The minimum Gasteiger partial charge on any atom is -0.484 e. The fourth-order valence-electron chi connectivity index (χ4n) is 1.98. The molecule has 0 radical (unpaired) electrons. The van der Waals surface area contributed by atoms with Crippen LogP contribution in [0.5, 0.6) is 5.75 Å². The lowest BCUT2D eigenvalue weighted by atomic mass is 10.1. The second kappa shape index (κ2) is 9.23. The molecule has 1 atom stereocenters. The van der Waals surface area contributed by atoms with E-state index in [-0.39, 0.29) is 18.6 Å². The predicted molar refractivity (Wildman–Crippen MR) is 82.7 cm³/mol. The second-order valence-corrected chi connectivity index (χ2v) is 5.18. The van der Waals surface area contributed by atoms with Crippen molar-refractivity contribution in [3.63, 3.8) is 0 Å². The second-order valence-electron chi connectivity index (χ2n) is 5.18. The molecule has 1 amide bonds. The van der Waals surface area contributed by atoms with E-state index in [1.807, 2.05) is 6.92 Å². The van der Waals surface area contributed by atoms with Crippen molar-refractivity contribution in [2.24, 2.45) is 0 Å². The van der Waals surface area contributed by atoms with Crippen LogP contribution in [0.2, 0.25) is 0 Å². The largest absolute Gasteiger partial charge is 0.484 e. The highest BCUT2D eigenvalue weighted by Crippen LogP contribution is 2.12. The van der Waals surface area contributed by atoms with Gasteiger partial charge in [0.15, 0.2) is 6.61 Å². The zero-order chi connectivity index (χ0) is 14.8. The van der Waals surface area contributed by atoms with Crippen LogP contribution in [-0.4, -0.2) is 18.6 Å². The van der Waals surface area contributed by atoms with E-state index in [1.165, 1.54) is 19.3 Å². The maximum atomic E-state index is 11.7. The van der Waals surface area contributed by atoms with E-state index in [4.69, 9.17) is 10.5 Å². The molecule has 1 unspecified atom stereocenters. The van der Waals surface area contributed by atoms with Crippen LogP contribution >= 0.6 is 0 Å². The van der Waals surface area contributed by atoms with Crippen LogP contribution in [0.4, 0.5) is 5.69 Å². The van der Waals surface area contributed by atoms with Crippen molar-refractivity contribution >= 4 is 11.6 Å². The summed E-state index contributed by atoms with van der Waals surface area (Å²) in [4.78, 5) is 11.7. The summed E-state index contributed by atoms with van der Waals surface area (Å²) in [5.41, 5.74) is 6.26. The molecule has 0 aliphatic heterocycles. The van der Waals surface area contributed by atoms with Gasteiger partial charge in [-0.25, -0.2) is 0 Å². The molecule has 0 aliphatic carbocycles. The smallest absolute Gasteiger partial charge is 0.258 e. The fraction of sp³-hybridized carbons (Fsp3) is 0.562. The molecule has 4 nitrogen and oxygen atoms in total. The Morgan fingerprint density at radius 2 is 1.95 bits per heavy atom. The summed E-state index contributed by atoms with van der Waals surface area (Å²) < 4.78 is 5.40. The van der Waals surface area contributed by atoms with Crippen LogP contribution in [0.3, 0.4) is 0 Å². The van der Waals surface area contributed by atoms with Gasteiger partial charge in [0.1, 0.15) is 5.75 Å². The molecule has 1 rings (SSSR count). The summed E-state index contributed by atoms with van der Waals surface area (Å²) in [6, 6.07) is 7.23. The molecule has 0 saturated heterocycles. The molecule has 112 valence electrons. The molecule has 20 heavy (non-hydrogen) atoms. The monoisotopic (exact) mass is 278 g/mol. The first-order valence-electron chi connectivity index (χ1n) is 7.39. The Morgan fingerprint density at radius 1 is 1.25 bits per heavy atom. The molecule has 3 N–H and O–H groups in total. The first-order chi connectivity index (χ1) is 9.61. The van der Waals surface area contributed by atoms with Crippen LogP contribution in [0.15, 0.2) is 24.3 Å². The van der Waals surface area contributed by atoms with Gasteiger partial charge >= 0.3 is 0 Å². The summed E-state index contributed by atoms with van der Waals surface area (Å²) in [5.74, 6) is 0.578. The molecule has 0 aliphatic rings. The van der Waals surface area contributed by atoms with E-state index in [0.717, 1.165) is 12.8 Å². The molecular formula is C16H26N2O2. The number of ether oxygens (including phenoxy) is 1. The van der Waals surface area contributed by atoms with Gasteiger partial charge in [-0.1, -0.05) is 32.6 Å². The molecule has 0 aromatic heterocycles. The number of benzene rings is 1. The number of nitrogens with one attached hydrogen (secondary N) is 1. The lowest BCUT2D eigenvalue weighted by molar-refractivity contribution is -0.123. The Bertz CT molecular complexity index is 390. The van der Waals surface area contributed by atoms with E-state index in [9.17, 15) is 4.79 Å². The molecule has 0 fully saturated rings. The molecule has 0 saturated carbocycles. The van der Waals surface area contributed by atoms with E-state index < -0.39 is 0 Å². The lowest BCUT2D eigenvalue weighted by Crippen LogP contribution is -2.36. The third-order valence-electron chi connectivity index (χ3n) is 3.15. The number of unbranched alkanes of at least 4 members (excludes halogenated alkanes) is 3. The first-order valence-corrected chi connectivity index (χ1v) is 7.39. The summed E-state index contributed by atoms with van der Waals surface area (Å²) in [5, 5.41) is 2.95. The molecule has 1 aromatic rings. The third kappa shape index (κ3) is 7.02. The van der Waals surface area contributed by atoms with Crippen molar-refractivity contribution in [3.05, 3.63) is 24.3 Å². The maximum Gasteiger partial charge on any atom is 0.258 e. The van der Waals surface area contributed by atoms with Gasteiger partial charge in [-0.3, -0.25) is 4.79 Å². The molecule has 0 spiro atoms. The number of rotatable bonds is 9. The quantitative estimate of drug-likeness (QED) is 0.539. The Hall–Kier alpha value is -1.71. The van der Waals surface area contributed by atoms with Gasteiger partial charge in [0.25, 0.3) is 5.91 Å². The van der Waals surface area contributed by atoms with Gasteiger partial charge < -0.3 is 15.8 Å². The summed E-state index contributed by atoms with van der Waals surface area (Å²) in [6.07, 6.45) is 5.91. The Kier molecular flexibility index (Phi) is 7.55. The van der Waals surface area contributed by atoms with Crippen molar-refractivity contribution in [1.82, 2.24) is 5.32 Å². The van der Waals surface area contributed by atoms with Gasteiger partial charge in [0, 0.05) is 11.7 Å². The number of carbonyl (C=O) groups is 1. The third-order valence-corrected chi connectivity index (χ3v) is 3.15. The number of hydrogen-bond donors (Lipinski definition) is 2. The van der Waals surface area contributed by atoms with Gasteiger partial charge in [0.2, 0.25) is 0 Å². The molecular weight excluding hydrogens is 252 g/mol. The fourth-order valence-corrected chi connectivity index (χ4v) is 1.98. The Labute approximate surface area is 121 Å². The molecule has 4 heteroatoms. The van der Waals surface area contributed by atoms with Crippen LogP contribution in [0, 0.1) is 0 Å². The van der Waals surface area contributed by atoms with Crippen LogP contribution in [0.25, 0.3) is 0 Å². The Morgan fingerprint density at radius 3 is 2.60 bits per heavy atom. The van der Waals surface area contributed by atoms with Crippen molar-refractivity contribution in [2.75, 3.05) is 12.3 Å². The van der Waals surface area contributed by atoms with E-state index in [0.29, 0.717) is 11.4 Å². The SMILES string of the molecule is CCCCCCC(C)NC(=O)COc1ccc(N)cc1. The summed E-state index contributed by atoms with van der Waals surface area (Å²) >= 11 is 0. The van der Waals surface area contributed by atoms with Crippen molar-refractivity contribution in [3.8, 4) is 5.75 Å². The van der Waals surface area contributed by atoms with E-state index in [1.54, 1.807) is 24.3 Å². The van der Waals surface area contributed by atoms with Crippen molar-refractivity contribution in [1.29, 1.82) is 0 Å². The van der Waals surface area contributed by atoms with Gasteiger partial charge in [0.05, 0.1) is 0 Å². The minimum atomic E-state index is -0.0789. The van der Waals surface area contributed by atoms with Gasteiger partial charge in [-0.05, 0) is 37.6 Å². The van der Waals surface area contributed by atoms with Crippen LogP contribution in [0.1, 0.15) is 46.0 Å². The number of amides is 1. The predicted octanol–water partition coefficient (Wildman–Crippen LogP) is 3.12. The summed E-state index contributed by atoms with van der Waals surface area (Å²) in [7, 11) is 0. The molecule has 0 bridgehead atoms. The number of hydrogen-bond acceptors (Lipinski definition) is 3. The number of carbonyl (C=O) groups excluding carboxylic acids is 1. The highest BCUT2D eigenvalue weighted by atomic mass is 16.5. The van der Waals surface area contributed by atoms with E-state index >= 15 is 0 Å². The normalized spacial score (nSPS) is 11.9. The molecule has 0 heterocycles. The topological polar surface area (TPSA) is 64.3 Å². The zero-order valence-electron chi connectivity index (χ0n) is 12.5. The highest BCUT2D eigenvalue weighted by Gasteiger charge is 2.07. The average molecular weight is 278 g/mol. The lowest BCUT2D eigenvalue weighted by Gasteiger charge is -2.14. The van der Waals surface area contributed by atoms with Crippen LogP contribution < -0.4 is 15.8 Å². The standard InChI is InChI=1S/C16H26N2O2/c1-3-4-5-6-7-13(2)18-16(19)12-20-15-10-8-14(17)9-11-15/h8-11,13H,3-7,12,17H2,1-2H3,(H,18,19). The van der Waals surface area contributed by atoms with Gasteiger partial charge in [-0.15, -0.1) is 0 Å². The minimum absolute atomic E-state index is 0.0449.